The van der Waals surface area contributed by atoms with Crippen LogP contribution in [-0.4, -0.2) is 58.6 Å². The summed E-state index contributed by atoms with van der Waals surface area (Å²) in [7, 11) is 0. The second-order valence-corrected chi connectivity index (χ2v) is 37.7. The highest BCUT2D eigenvalue weighted by Crippen LogP contribution is 2.51. The number of rotatable bonds is 12. The molecule has 0 aliphatic carbocycles. The van der Waals surface area contributed by atoms with Crippen LogP contribution in [0.15, 0.2) is 462 Å². The molecule has 0 amide bonds. The number of fused-ring (bicyclic) bond motifs is 9. The van der Waals surface area contributed by atoms with Gasteiger partial charge in [0.05, 0.1) is 102 Å². The largest absolute Gasteiger partial charge is 0.418 e. The number of halogens is 6. The van der Waals surface area contributed by atoms with E-state index in [9.17, 15) is 0 Å². The summed E-state index contributed by atoms with van der Waals surface area (Å²) in [5, 5.41) is 27.0. The maximum Gasteiger partial charge on any atom is 0.418 e. The lowest BCUT2D eigenvalue weighted by atomic mass is 9.89. The number of alkyl halides is 6. The van der Waals surface area contributed by atoms with Crippen molar-refractivity contribution in [3.8, 4) is 118 Å². The van der Waals surface area contributed by atoms with Crippen molar-refractivity contribution in [1.82, 2.24) is 58.6 Å². The maximum absolute atomic E-state index is 15.4. The molecule has 30 aromatic rings. The quantitative estimate of drug-likeness (QED) is 0.0866. The van der Waals surface area contributed by atoms with Crippen molar-refractivity contribution in [3.63, 3.8) is 0 Å². The molecule has 0 unspecified atom stereocenters. The molecule has 0 spiro atoms. The fourth-order valence-corrected chi connectivity index (χ4v) is 22.6. The van der Waals surface area contributed by atoms with Gasteiger partial charge < -0.3 is 9.13 Å². The number of nitrogens with zero attached hydrogens (tertiary/aromatic N) is 12. The number of pyridine rings is 9. The first-order valence-electron chi connectivity index (χ1n) is 49.0. The highest BCUT2D eigenvalue weighted by molar-refractivity contribution is 6.29. The number of para-hydroxylation sites is 3. The number of hydrogen-bond acceptors (Lipinski definition) is 9. The fourth-order valence-electron chi connectivity index (χ4n) is 22.6. The molecular formula is C131H76F6N12. The monoisotopic (exact) mass is 1930 g/mol. The van der Waals surface area contributed by atoms with E-state index in [1.165, 1.54) is 116 Å². The van der Waals surface area contributed by atoms with Crippen LogP contribution in [0.25, 0.3) is 281 Å². The van der Waals surface area contributed by atoms with Crippen LogP contribution >= 0.6 is 0 Å². The fraction of sp³-hybridized carbons (Fsp3) is 0.0153. The first kappa shape index (κ1) is 87.2. The van der Waals surface area contributed by atoms with E-state index in [4.69, 9.17) is 15.0 Å². The van der Waals surface area contributed by atoms with E-state index in [0.717, 1.165) is 133 Å². The van der Waals surface area contributed by atoms with E-state index in [1.807, 2.05) is 128 Å². The van der Waals surface area contributed by atoms with Crippen molar-refractivity contribution < 1.29 is 26.3 Å². The second-order valence-electron chi connectivity index (χ2n) is 37.7. The first-order chi connectivity index (χ1) is 73.1. The van der Waals surface area contributed by atoms with Gasteiger partial charge in [-0.05, 0) is 282 Å². The van der Waals surface area contributed by atoms with E-state index >= 15 is 26.3 Å². The van der Waals surface area contributed by atoms with Gasteiger partial charge in [-0.1, -0.05) is 261 Å². The zero-order valence-corrected chi connectivity index (χ0v) is 79.0. The lowest BCUT2D eigenvalue weighted by molar-refractivity contribution is -0.140. The SMILES string of the molecule is FC(F)(F)c1cc(-n2c3ccccc3c3ccncc32)c(C(F)(F)F)cc1-c1cc(-c2ccc3ccc4cccc5ccc2c3c45)cc(-c2ccccn2)n1.c1ccc(-c2cc(-c3ccc4ccc5cccc6ccc3c4c56)cc(-c3ccc(-n4c5ccccc5c5cccnc54)cc3)n2)nc1.c1ccc(-c2cc(-c3ccc4ccc5cccc6ccc3c4c56)cc(-c3ccc(-n4c5ccccc5c5cnccc54)cc3)n2)nc1. The minimum absolute atomic E-state index is 0.207. The third-order valence-corrected chi connectivity index (χ3v) is 29.3. The molecule has 0 saturated carbocycles. The van der Waals surface area contributed by atoms with Gasteiger partial charge >= 0.3 is 12.4 Å². The lowest BCUT2D eigenvalue weighted by Crippen LogP contribution is -2.16. The Hall–Kier alpha value is -19.6. The van der Waals surface area contributed by atoms with E-state index in [-0.39, 0.29) is 16.9 Å². The van der Waals surface area contributed by atoms with Gasteiger partial charge in [0.1, 0.15) is 5.65 Å². The van der Waals surface area contributed by atoms with E-state index in [1.54, 1.807) is 54.6 Å². The topological polar surface area (TPSA) is 131 Å². The molecule has 149 heavy (non-hydrogen) atoms. The Morgan fingerprint density at radius 2 is 0.537 bits per heavy atom. The molecule has 12 aromatic heterocycles. The second kappa shape index (κ2) is 34.6. The molecule has 0 N–H and O–H groups in total. The molecule has 30 rings (SSSR count). The van der Waals surface area contributed by atoms with E-state index in [0.29, 0.717) is 45.2 Å². The van der Waals surface area contributed by atoms with Crippen molar-refractivity contribution in [2.75, 3.05) is 0 Å². The van der Waals surface area contributed by atoms with Crippen molar-refractivity contribution in [2.45, 2.75) is 12.4 Å². The third kappa shape index (κ3) is 14.7. The van der Waals surface area contributed by atoms with Gasteiger partial charge in [-0.15, -0.1) is 0 Å². The molecule has 0 saturated heterocycles. The average Bonchev–Trinajstić information content (AvgIpc) is 1.72. The summed E-state index contributed by atoms with van der Waals surface area (Å²) < 4.78 is 97.7. The molecule has 18 heteroatoms. The van der Waals surface area contributed by atoms with Gasteiger partial charge in [0, 0.05) is 104 Å². The van der Waals surface area contributed by atoms with Crippen LogP contribution < -0.4 is 0 Å². The zero-order chi connectivity index (χ0) is 99.4. The Bertz CT molecular complexity index is 10000. The number of hydrogen-bond donors (Lipinski definition) is 0. The average molecular weight is 1930 g/mol. The van der Waals surface area contributed by atoms with Crippen LogP contribution in [0.2, 0.25) is 0 Å². The summed E-state index contributed by atoms with van der Waals surface area (Å²) >= 11 is 0. The van der Waals surface area contributed by atoms with Gasteiger partial charge in [0.15, 0.2) is 0 Å². The molecule has 0 aliphatic rings. The van der Waals surface area contributed by atoms with Gasteiger partial charge in [0.25, 0.3) is 0 Å². The summed E-state index contributed by atoms with van der Waals surface area (Å²) in [6.45, 7) is 0. The maximum atomic E-state index is 15.4. The Kier molecular flexibility index (Phi) is 20.3. The molecule has 702 valence electrons. The molecule has 18 aromatic carbocycles. The molecule has 0 atom stereocenters. The predicted octanol–water partition coefficient (Wildman–Crippen LogP) is 34.6. The smallest absolute Gasteiger partial charge is 0.309 e. The van der Waals surface area contributed by atoms with Crippen LogP contribution in [0.1, 0.15) is 11.1 Å². The van der Waals surface area contributed by atoms with E-state index in [2.05, 4.69) is 282 Å². The van der Waals surface area contributed by atoms with Crippen LogP contribution in [0.4, 0.5) is 26.3 Å². The highest BCUT2D eigenvalue weighted by Gasteiger charge is 2.42. The minimum atomic E-state index is -5.07. The van der Waals surface area contributed by atoms with Crippen molar-refractivity contribution in [3.05, 3.63) is 473 Å². The molecule has 0 fully saturated rings. The molecule has 0 radical (unpaired) electrons. The third-order valence-electron chi connectivity index (χ3n) is 29.3. The number of aromatic nitrogens is 12. The van der Waals surface area contributed by atoms with Crippen molar-refractivity contribution >= 4 is 163 Å². The predicted molar refractivity (Wildman–Crippen MR) is 593 cm³/mol. The summed E-state index contributed by atoms with van der Waals surface area (Å²) in [6, 6.07) is 137. The summed E-state index contributed by atoms with van der Waals surface area (Å²) in [5.41, 5.74) is 16.5. The van der Waals surface area contributed by atoms with Crippen LogP contribution in [0.3, 0.4) is 0 Å². The minimum Gasteiger partial charge on any atom is -0.309 e. The molecule has 12 nitrogen and oxygen atoms in total. The molecular weight excluding hydrogens is 1860 g/mol. The van der Waals surface area contributed by atoms with Gasteiger partial charge in [-0.2, -0.15) is 26.3 Å². The highest BCUT2D eigenvalue weighted by atomic mass is 19.4. The van der Waals surface area contributed by atoms with Gasteiger partial charge in [-0.3, -0.25) is 29.5 Å². The van der Waals surface area contributed by atoms with Crippen LogP contribution in [-0.2, 0) is 12.4 Å². The Balaban J connectivity index is 0.000000108. The summed E-state index contributed by atoms with van der Waals surface area (Å²) in [6.07, 6.45) is 3.59. The molecule has 0 bridgehead atoms. The lowest BCUT2D eigenvalue weighted by Gasteiger charge is -2.22. The van der Waals surface area contributed by atoms with Gasteiger partial charge in [0.2, 0.25) is 0 Å². The Morgan fingerprint density at radius 1 is 0.188 bits per heavy atom. The molecule has 12 heterocycles. The summed E-state index contributed by atoms with van der Waals surface area (Å²) in [5.74, 6) is 0. The normalized spacial score (nSPS) is 12.1. The van der Waals surface area contributed by atoms with Gasteiger partial charge in [-0.25, -0.2) is 19.9 Å². The van der Waals surface area contributed by atoms with Crippen LogP contribution in [0.5, 0.6) is 0 Å². The zero-order valence-electron chi connectivity index (χ0n) is 79.0. The Morgan fingerprint density at radius 3 is 0.993 bits per heavy atom. The van der Waals surface area contributed by atoms with Crippen LogP contribution in [0, 0.1) is 0 Å². The first-order valence-corrected chi connectivity index (χ1v) is 49.0. The molecule has 0 aliphatic heterocycles. The number of benzene rings is 18. The van der Waals surface area contributed by atoms with Crippen molar-refractivity contribution in [1.29, 1.82) is 0 Å². The standard InChI is InChI=1S/C45H24F6N4.2C43H26N4/c46-44(47,48)34-23-40(55-39-10-2-1-8-30(39)31-17-19-52-24-41(31)55)35(45(49,50)51)22-33(34)37-20-28(21-38(54-37)36-9-3-4-18-53-36)29-15-13-27-12-11-25-6-5-7-26-14-16-32(29)43(27)42(25)26;1-2-12-40-34(9-1)36-10-6-24-45-43(36)47(40)32-19-15-27(16-20-32)38-25-31(26-39(46-38)37-11-3-4-23-44-37)33-21-17-30-14-13-28-7-5-8-29-18-22-35(33)42(30)41(28)29;1-2-10-40-34(8-1)36-26-44-23-21-41(36)47(40)32-17-13-27(14-18-32)38-24-31(25-39(46-38)37-9-3-4-22-45-37)33-19-15-30-12-11-28-6-5-7-29-16-20-35(33)43(30)42(28)29/h1-24H;2*1-26H. The Labute approximate surface area is 845 Å². The summed E-state index contributed by atoms with van der Waals surface area (Å²) in [4.78, 5) is 42.0. The van der Waals surface area contributed by atoms with Crippen molar-refractivity contribution in [2.24, 2.45) is 0 Å². The van der Waals surface area contributed by atoms with E-state index < -0.39 is 34.7 Å².